The van der Waals surface area contributed by atoms with Crippen molar-refractivity contribution in [2.45, 2.75) is 27.3 Å². The van der Waals surface area contributed by atoms with Crippen LogP contribution in [0.3, 0.4) is 0 Å². The Balaban J connectivity index is 1.75. The zero-order valence-electron chi connectivity index (χ0n) is 10.5. The van der Waals surface area contributed by atoms with Crippen LogP contribution in [0.1, 0.15) is 22.2 Å². The Hall–Kier alpha value is -0.380. The highest BCUT2D eigenvalue weighted by atomic mass is 32.1. The van der Waals surface area contributed by atoms with Gasteiger partial charge in [0.25, 0.3) is 0 Å². The first-order chi connectivity index (χ1) is 7.66. The molecule has 0 aromatic carbocycles. The van der Waals surface area contributed by atoms with Crippen molar-refractivity contribution in [2.75, 3.05) is 19.6 Å². The van der Waals surface area contributed by atoms with Crippen molar-refractivity contribution >= 4 is 11.3 Å². The highest BCUT2D eigenvalue weighted by Crippen LogP contribution is 2.20. The molecule has 1 aromatic rings. The lowest BCUT2D eigenvalue weighted by Gasteiger charge is -2.14. The summed E-state index contributed by atoms with van der Waals surface area (Å²) in [6.07, 6.45) is 0. The second kappa shape index (κ2) is 5.30. The SMILES string of the molecule is Cc1cc(CNCC2CNCC2C)sc1C. The summed E-state index contributed by atoms with van der Waals surface area (Å²) in [4.78, 5) is 2.92. The third kappa shape index (κ3) is 2.84. The van der Waals surface area contributed by atoms with E-state index in [0.29, 0.717) is 0 Å². The van der Waals surface area contributed by atoms with Gasteiger partial charge in [-0.15, -0.1) is 11.3 Å². The van der Waals surface area contributed by atoms with E-state index in [2.05, 4.69) is 37.5 Å². The molecule has 1 aliphatic rings. The molecule has 2 N–H and O–H groups in total. The number of nitrogens with one attached hydrogen (secondary N) is 2. The Labute approximate surface area is 102 Å². The first kappa shape index (κ1) is 12.1. The average molecular weight is 238 g/mol. The van der Waals surface area contributed by atoms with Crippen LogP contribution >= 0.6 is 11.3 Å². The molecule has 1 aromatic heterocycles. The maximum absolute atomic E-state index is 3.58. The zero-order valence-corrected chi connectivity index (χ0v) is 11.3. The van der Waals surface area contributed by atoms with Crippen LogP contribution in [0.4, 0.5) is 0 Å². The van der Waals surface area contributed by atoms with Crippen molar-refractivity contribution in [2.24, 2.45) is 11.8 Å². The number of rotatable bonds is 4. The molecule has 2 unspecified atom stereocenters. The van der Waals surface area contributed by atoms with Gasteiger partial charge >= 0.3 is 0 Å². The van der Waals surface area contributed by atoms with Gasteiger partial charge in [-0.25, -0.2) is 0 Å². The maximum atomic E-state index is 3.58. The minimum atomic E-state index is 0.808. The van der Waals surface area contributed by atoms with Gasteiger partial charge in [0.1, 0.15) is 0 Å². The van der Waals surface area contributed by atoms with Crippen LogP contribution in [0.15, 0.2) is 6.07 Å². The van der Waals surface area contributed by atoms with Gasteiger partial charge < -0.3 is 10.6 Å². The molecule has 0 aliphatic carbocycles. The third-order valence-electron chi connectivity index (χ3n) is 3.60. The molecule has 0 radical (unpaired) electrons. The molecular formula is C13H22N2S. The molecule has 0 saturated carbocycles. The molecule has 0 amide bonds. The van der Waals surface area contributed by atoms with Crippen molar-refractivity contribution in [3.63, 3.8) is 0 Å². The Morgan fingerprint density at radius 1 is 1.44 bits per heavy atom. The van der Waals surface area contributed by atoms with Gasteiger partial charge in [-0.05, 0) is 56.9 Å². The van der Waals surface area contributed by atoms with Crippen LogP contribution in [0.25, 0.3) is 0 Å². The monoisotopic (exact) mass is 238 g/mol. The molecule has 2 rings (SSSR count). The third-order valence-corrected chi connectivity index (χ3v) is 4.75. The van der Waals surface area contributed by atoms with Crippen LogP contribution in [-0.2, 0) is 6.54 Å². The van der Waals surface area contributed by atoms with Crippen LogP contribution in [-0.4, -0.2) is 19.6 Å². The van der Waals surface area contributed by atoms with E-state index in [0.717, 1.165) is 24.9 Å². The van der Waals surface area contributed by atoms with Crippen LogP contribution in [0.2, 0.25) is 0 Å². The predicted octanol–water partition coefficient (Wildman–Crippen LogP) is 2.31. The van der Waals surface area contributed by atoms with Gasteiger partial charge in [0.2, 0.25) is 0 Å². The summed E-state index contributed by atoms with van der Waals surface area (Å²) < 4.78 is 0. The van der Waals surface area contributed by atoms with Gasteiger partial charge in [-0.3, -0.25) is 0 Å². The van der Waals surface area contributed by atoms with Crippen LogP contribution in [0, 0.1) is 25.7 Å². The minimum absolute atomic E-state index is 0.808. The van der Waals surface area contributed by atoms with Gasteiger partial charge in [0.05, 0.1) is 0 Å². The molecule has 1 aliphatic heterocycles. The topological polar surface area (TPSA) is 24.1 Å². The number of aryl methyl sites for hydroxylation is 2. The molecule has 3 heteroatoms. The fraction of sp³-hybridized carbons (Fsp3) is 0.692. The first-order valence-corrected chi connectivity index (χ1v) is 6.96. The van der Waals surface area contributed by atoms with E-state index in [4.69, 9.17) is 0 Å². The van der Waals surface area contributed by atoms with E-state index in [1.165, 1.54) is 28.4 Å². The summed E-state index contributed by atoms with van der Waals surface area (Å²) in [7, 11) is 0. The van der Waals surface area contributed by atoms with Crippen LogP contribution in [0.5, 0.6) is 0 Å². The second-order valence-corrected chi connectivity index (χ2v) is 6.32. The Kier molecular flexibility index (Phi) is 4.00. The largest absolute Gasteiger partial charge is 0.316 e. The fourth-order valence-electron chi connectivity index (χ4n) is 2.26. The quantitative estimate of drug-likeness (QED) is 0.841. The smallest absolute Gasteiger partial charge is 0.0300 e. The number of thiophene rings is 1. The molecule has 1 fully saturated rings. The summed E-state index contributed by atoms with van der Waals surface area (Å²) in [5, 5.41) is 7.03. The number of hydrogen-bond acceptors (Lipinski definition) is 3. The van der Waals surface area contributed by atoms with E-state index >= 15 is 0 Å². The van der Waals surface area contributed by atoms with E-state index in [-0.39, 0.29) is 0 Å². The van der Waals surface area contributed by atoms with Crippen molar-refractivity contribution in [1.29, 1.82) is 0 Å². The van der Waals surface area contributed by atoms with Gasteiger partial charge in [-0.1, -0.05) is 6.92 Å². The Morgan fingerprint density at radius 3 is 2.81 bits per heavy atom. The summed E-state index contributed by atoms with van der Waals surface area (Å²) in [6, 6.07) is 2.31. The van der Waals surface area contributed by atoms with Crippen LogP contribution < -0.4 is 10.6 Å². The summed E-state index contributed by atoms with van der Waals surface area (Å²) in [5.41, 5.74) is 1.43. The standard InChI is InChI=1S/C13H22N2S/c1-9-4-13(16-11(9)3)8-15-7-12-6-14-5-10(12)2/h4,10,12,14-15H,5-8H2,1-3H3. The Morgan fingerprint density at radius 2 is 2.25 bits per heavy atom. The summed E-state index contributed by atoms with van der Waals surface area (Å²) >= 11 is 1.92. The van der Waals surface area contributed by atoms with E-state index in [1.807, 2.05) is 11.3 Å². The van der Waals surface area contributed by atoms with Gasteiger partial charge in [0.15, 0.2) is 0 Å². The normalized spacial score (nSPS) is 25.2. The summed E-state index contributed by atoms with van der Waals surface area (Å²) in [6.45, 7) is 11.3. The molecule has 2 atom stereocenters. The highest BCUT2D eigenvalue weighted by Gasteiger charge is 2.22. The molecule has 16 heavy (non-hydrogen) atoms. The molecule has 1 saturated heterocycles. The zero-order chi connectivity index (χ0) is 11.5. The van der Waals surface area contributed by atoms with E-state index < -0.39 is 0 Å². The van der Waals surface area contributed by atoms with E-state index in [1.54, 1.807) is 0 Å². The van der Waals surface area contributed by atoms with E-state index in [9.17, 15) is 0 Å². The fourth-order valence-corrected chi connectivity index (χ4v) is 3.28. The molecule has 90 valence electrons. The van der Waals surface area contributed by atoms with Crippen molar-refractivity contribution in [3.05, 3.63) is 21.4 Å². The first-order valence-electron chi connectivity index (χ1n) is 6.14. The second-order valence-electron chi connectivity index (χ2n) is 4.98. The maximum Gasteiger partial charge on any atom is 0.0300 e. The molecular weight excluding hydrogens is 216 g/mol. The Bertz CT molecular complexity index is 326. The number of hydrogen-bond donors (Lipinski definition) is 2. The molecule has 2 heterocycles. The van der Waals surface area contributed by atoms with Gasteiger partial charge in [0, 0.05) is 16.3 Å². The van der Waals surface area contributed by atoms with Crippen molar-refractivity contribution < 1.29 is 0 Å². The van der Waals surface area contributed by atoms with Gasteiger partial charge in [-0.2, -0.15) is 0 Å². The minimum Gasteiger partial charge on any atom is -0.316 e. The van der Waals surface area contributed by atoms with Crippen molar-refractivity contribution in [3.8, 4) is 0 Å². The lowest BCUT2D eigenvalue weighted by atomic mass is 9.98. The lowest BCUT2D eigenvalue weighted by Crippen LogP contribution is -2.26. The molecule has 0 spiro atoms. The van der Waals surface area contributed by atoms with Crippen molar-refractivity contribution in [1.82, 2.24) is 10.6 Å². The summed E-state index contributed by atoms with van der Waals surface area (Å²) in [5.74, 6) is 1.63. The molecule has 0 bridgehead atoms. The molecule has 2 nitrogen and oxygen atoms in total. The average Bonchev–Trinajstić information content (AvgIpc) is 2.76. The highest BCUT2D eigenvalue weighted by molar-refractivity contribution is 7.12. The lowest BCUT2D eigenvalue weighted by molar-refractivity contribution is 0.421. The predicted molar refractivity (Wildman–Crippen MR) is 71.0 cm³/mol.